The second-order valence-corrected chi connectivity index (χ2v) is 7.15. The number of aryl methyl sites for hydroxylation is 2. The highest BCUT2D eigenvalue weighted by atomic mass is 16.5. The fraction of sp³-hybridized carbons (Fsp3) is 0.409. The molecule has 1 aliphatic heterocycles. The minimum absolute atomic E-state index is 0.0605. The average molecular weight is 367 g/mol. The number of nitrogens with one attached hydrogen (secondary N) is 1. The molecule has 0 saturated carbocycles. The normalized spacial score (nSPS) is 16.1. The van der Waals surface area contributed by atoms with E-state index in [1.807, 2.05) is 51.1 Å². The number of carbonyl (C=O) groups is 1. The number of carbonyl (C=O) groups excluding carboxylic acids is 1. The van der Waals surface area contributed by atoms with E-state index in [4.69, 9.17) is 4.74 Å². The molecule has 3 rings (SSSR count). The molecule has 0 unspecified atom stereocenters. The first kappa shape index (κ1) is 19.2. The minimum atomic E-state index is -0.151. The molecule has 1 amide bonds. The zero-order chi connectivity index (χ0) is 19.4. The van der Waals surface area contributed by atoms with Crippen LogP contribution in [0.4, 0.5) is 11.4 Å². The second-order valence-electron chi connectivity index (χ2n) is 7.15. The van der Waals surface area contributed by atoms with Crippen molar-refractivity contribution in [1.29, 1.82) is 0 Å². The molecule has 27 heavy (non-hydrogen) atoms. The molecule has 2 aromatic rings. The first-order valence-corrected chi connectivity index (χ1v) is 9.49. The van der Waals surface area contributed by atoms with Gasteiger partial charge in [-0.3, -0.25) is 9.69 Å². The van der Waals surface area contributed by atoms with Gasteiger partial charge in [0.05, 0.1) is 13.2 Å². The third-order valence-electron chi connectivity index (χ3n) is 5.41. The molecule has 1 fully saturated rings. The zero-order valence-electron chi connectivity index (χ0n) is 16.7. The quantitative estimate of drug-likeness (QED) is 0.879. The highest BCUT2D eigenvalue weighted by Crippen LogP contribution is 2.22. The van der Waals surface area contributed by atoms with Gasteiger partial charge in [-0.05, 0) is 56.2 Å². The van der Waals surface area contributed by atoms with E-state index in [1.54, 1.807) is 7.11 Å². The molecule has 1 N–H and O–H groups in total. The molecule has 0 spiro atoms. The Balaban J connectivity index is 1.57. The molecule has 0 aromatic heterocycles. The van der Waals surface area contributed by atoms with Crippen LogP contribution in [0.25, 0.3) is 0 Å². The van der Waals surface area contributed by atoms with Crippen LogP contribution in [-0.4, -0.2) is 50.1 Å². The SMILES string of the molecule is COc1ccc(N2CCN([C@@H](C)C(=O)Nc3c(C)cccc3C)CC2)cc1. The van der Waals surface area contributed by atoms with Crippen molar-refractivity contribution in [3.63, 3.8) is 0 Å². The summed E-state index contributed by atoms with van der Waals surface area (Å²) in [6.07, 6.45) is 0. The number of ether oxygens (including phenoxy) is 1. The molecule has 0 radical (unpaired) electrons. The number of para-hydroxylation sites is 1. The number of amides is 1. The van der Waals surface area contributed by atoms with Crippen LogP contribution in [0.2, 0.25) is 0 Å². The molecular weight excluding hydrogens is 338 g/mol. The molecule has 1 atom stereocenters. The predicted molar refractivity (Wildman–Crippen MR) is 111 cm³/mol. The van der Waals surface area contributed by atoms with E-state index >= 15 is 0 Å². The molecule has 1 heterocycles. The Labute approximate surface area is 161 Å². The van der Waals surface area contributed by atoms with Crippen LogP contribution < -0.4 is 15.0 Å². The summed E-state index contributed by atoms with van der Waals surface area (Å²) in [5.74, 6) is 0.930. The Morgan fingerprint density at radius 2 is 1.59 bits per heavy atom. The lowest BCUT2D eigenvalue weighted by Gasteiger charge is -2.38. The van der Waals surface area contributed by atoms with Gasteiger partial charge in [0.25, 0.3) is 0 Å². The van der Waals surface area contributed by atoms with Crippen molar-refractivity contribution < 1.29 is 9.53 Å². The maximum Gasteiger partial charge on any atom is 0.241 e. The first-order valence-electron chi connectivity index (χ1n) is 9.49. The summed E-state index contributed by atoms with van der Waals surface area (Å²) in [5.41, 5.74) is 4.33. The van der Waals surface area contributed by atoms with Crippen molar-refractivity contribution in [3.05, 3.63) is 53.6 Å². The largest absolute Gasteiger partial charge is 0.497 e. The Bertz CT molecular complexity index is 760. The summed E-state index contributed by atoms with van der Waals surface area (Å²) in [5, 5.41) is 3.12. The van der Waals surface area contributed by atoms with E-state index in [0.29, 0.717) is 0 Å². The summed E-state index contributed by atoms with van der Waals surface area (Å²) in [6.45, 7) is 9.61. The Hall–Kier alpha value is -2.53. The number of nitrogens with zero attached hydrogens (tertiary/aromatic N) is 2. The number of hydrogen-bond acceptors (Lipinski definition) is 4. The van der Waals surface area contributed by atoms with E-state index in [-0.39, 0.29) is 11.9 Å². The van der Waals surface area contributed by atoms with E-state index < -0.39 is 0 Å². The monoisotopic (exact) mass is 367 g/mol. The van der Waals surface area contributed by atoms with Crippen molar-refractivity contribution in [1.82, 2.24) is 4.90 Å². The highest BCUT2D eigenvalue weighted by molar-refractivity contribution is 5.95. The standard InChI is InChI=1S/C22H29N3O2/c1-16-6-5-7-17(2)21(16)23-22(26)18(3)24-12-14-25(15-13-24)19-8-10-20(27-4)11-9-19/h5-11,18H,12-15H2,1-4H3,(H,23,26)/t18-/m0/s1. The molecule has 1 aliphatic rings. The van der Waals surface area contributed by atoms with Crippen LogP contribution in [0.3, 0.4) is 0 Å². The summed E-state index contributed by atoms with van der Waals surface area (Å²) < 4.78 is 5.23. The molecule has 2 aromatic carbocycles. The maximum atomic E-state index is 12.8. The fourth-order valence-electron chi connectivity index (χ4n) is 3.57. The molecule has 1 saturated heterocycles. The van der Waals surface area contributed by atoms with E-state index in [0.717, 1.165) is 48.7 Å². The number of benzene rings is 2. The van der Waals surface area contributed by atoms with Crippen LogP contribution in [0.15, 0.2) is 42.5 Å². The van der Waals surface area contributed by atoms with Gasteiger partial charge < -0.3 is 15.0 Å². The zero-order valence-corrected chi connectivity index (χ0v) is 16.7. The van der Waals surface area contributed by atoms with Crippen LogP contribution in [0, 0.1) is 13.8 Å². The predicted octanol–water partition coefficient (Wildman–Crippen LogP) is 3.46. The highest BCUT2D eigenvalue weighted by Gasteiger charge is 2.26. The van der Waals surface area contributed by atoms with Crippen LogP contribution in [-0.2, 0) is 4.79 Å². The van der Waals surface area contributed by atoms with Gasteiger partial charge in [-0.25, -0.2) is 0 Å². The van der Waals surface area contributed by atoms with Crippen LogP contribution in [0.1, 0.15) is 18.1 Å². The Morgan fingerprint density at radius 3 is 2.15 bits per heavy atom. The van der Waals surface area contributed by atoms with Gasteiger partial charge in [-0.15, -0.1) is 0 Å². The number of anilines is 2. The van der Waals surface area contributed by atoms with Gasteiger partial charge in [0, 0.05) is 37.6 Å². The van der Waals surface area contributed by atoms with Gasteiger partial charge in [-0.1, -0.05) is 18.2 Å². The van der Waals surface area contributed by atoms with Gasteiger partial charge >= 0.3 is 0 Å². The summed E-state index contributed by atoms with van der Waals surface area (Å²) >= 11 is 0. The minimum Gasteiger partial charge on any atom is -0.497 e. The summed E-state index contributed by atoms with van der Waals surface area (Å²) in [7, 11) is 1.68. The van der Waals surface area contributed by atoms with Crippen LogP contribution in [0.5, 0.6) is 5.75 Å². The van der Waals surface area contributed by atoms with Crippen LogP contribution >= 0.6 is 0 Å². The molecule has 144 valence electrons. The average Bonchev–Trinajstić information content (AvgIpc) is 2.70. The smallest absolute Gasteiger partial charge is 0.241 e. The lowest BCUT2D eigenvalue weighted by Crippen LogP contribution is -2.52. The fourth-order valence-corrected chi connectivity index (χ4v) is 3.57. The van der Waals surface area contributed by atoms with Gasteiger partial charge in [0.15, 0.2) is 0 Å². The van der Waals surface area contributed by atoms with Crippen molar-refractivity contribution in [2.75, 3.05) is 43.5 Å². The molecule has 5 nitrogen and oxygen atoms in total. The summed E-state index contributed by atoms with van der Waals surface area (Å²) in [6, 6.07) is 14.1. The molecular formula is C22H29N3O2. The molecule has 0 aliphatic carbocycles. The van der Waals surface area contributed by atoms with Gasteiger partial charge in [0.2, 0.25) is 5.91 Å². The third kappa shape index (κ3) is 4.42. The van der Waals surface area contributed by atoms with E-state index in [1.165, 1.54) is 5.69 Å². The second kappa shape index (κ2) is 8.44. The van der Waals surface area contributed by atoms with E-state index in [9.17, 15) is 4.79 Å². The maximum absolute atomic E-state index is 12.8. The Kier molecular flexibility index (Phi) is 6.01. The third-order valence-corrected chi connectivity index (χ3v) is 5.41. The van der Waals surface area contributed by atoms with Crippen molar-refractivity contribution in [3.8, 4) is 5.75 Å². The molecule has 5 heteroatoms. The molecule has 0 bridgehead atoms. The topological polar surface area (TPSA) is 44.8 Å². The van der Waals surface area contributed by atoms with E-state index in [2.05, 4.69) is 27.2 Å². The number of methoxy groups -OCH3 is 1. The van der Waals surface area contributed by atoms with Gasteiger partial charge in [-0.2, -0.15) is 0 Å². The number of piperazine rings is 1. The van der Waals surface area contributed by atoms with Gasteiger partial charge in [0.1, 0.15) is 5.75 Å². The number of hydrogen-bond donors (Lipinski definition) is 1. The first-order chi connectivity index (χ1) is 13.0. The number of rotatable bonds is 5. The lowest BCUT2D eigenvalue weighted by molar-refractivity contribution is -0.120. The van der Waals surface area contributed by atoms with Crippen molar-refractivity contribution in [2.45, 2.75) is 26.8 Å². The van der Waals surface area contributed by atoms with Crippen molar-refractivity contribution in [2.24, 2.45) is 0 Å². The summed E-state index contributed by atoms with van der Waals surface area (Å²) in [4.78, 5) is 17.4. The van der Waals surface area contributed by atoms with Crippen molar-refractivity contribution >= 4 is 17.3 Å². The lowest BCUT2D eigenvalue weighted by atomic mass is 10.1. The Morgan fingerprint density at radius 1 is 1.00 bits per heavy atom.